The van der Waals surface area contributed by atoms with E-state index in [2.05, 4.69) is 10.2 Å². The summed E-state index contributed by atoms with van der Waals surface area (Å²) in [7, 11) is 1.28. The zero-order chi connectivity index (χ0) is 28.4. The first-order valence-corrected chi connectivity index (χ1v) is 12.8. The minimum atomic E-state index is -4.53. The number of carbonyl (C=O) groups excluding carboxylic acids is 1. The molecular weight excluding hydrogens is 520 g/mol. The Morgan fingerprint density at radius 1 is 1.15 bits per heavy atom. The number of hydrogen-bond donors (Lipinski definition) is 2. The molecule has 7 nitrogen and oxygen atoms in total. The zero-order valence-electron chi connectivity index (χ0n) is 21.8. The number of hydrogen-bond acceptors (Lipinski definition) is 5. The minimum absolute atomic E-state index is 0.0579. The standard InChI is InChI=1S/C28H32F4N2O5/c1-27(26(37)33-15-17-11-20(28(30,31)32)14-22(12-17)38-2)8-5-21(16-39-27)34-9-6-18(7-10-34)19-3-4-24(29)23(13-19)25(35)36/h3-4,11-14,18,21H,5-10,15-16H2,1-2H3,(H,33,37)(H,35,36)/t21-,27-/m1/s1. The van der Waals surface area contributed by atoms with E-state index in [-0.39, 0.29) is 41.3 Å². The van der Waals surface area contributed by atoms with Gasteiger partial charge in [0.05, 0.1) is 24.8 Å². The molecule has 39 heavy (non-hydrogen) atoms. The summed E-state index contributed by atoms with van der Waals surface area (Å²) in [5.41, 5.74) is -1.18. The molecule has 2 atom stereocenters. The number of halogens is 4. The number of piperidine rings is 1. The summed E-state index contributed by atoms with van der Waals surface area (Å²) in [6, 6.07) is 7.73. The zero-order valence-corrected chi connectivity index (χ0v) is 21.8. The highest BCUT2D eigenvalue weighted by atomic mass is 19.4. The van der Waals surface area contributed by atoms with Crippen molar-refractivity contribution >= 4 is 11.9 Å². The molecule has 212 valence electrons. The minimum Gasteiger partial charge on any atom is -0.497 e. The molecule has 11 heteroatoms. The lowest BCUT2D eigenvalue weighted by atomic mass is 9.86. The molecule has 2 aromatic carbocycles. The highest BCUT2D eigenvalue weighted by Gasteiger charge is 2.41. The van der Waals surface area contributed by atoms with Crippen molar-refractivity contribution in [2.45, 2.75) is 62.9 Å². The van der Waals surface area contributed by atoms with Crippen LogP contribution in [-0.4, -0.2) is 60.3 Å². The average molecular weight is 553 g/mol. The number of ether oxygens (including phenoxy) is 2. The highest BCUT2D eigenvalue weighted by molar-refractivity contribution is 5.88. The lowest BCUT2D eigenvalue weighted by molar-refractivity contribution is -0.157. The van der Waals surface area contributed by atoms with Gasteiger partial charge in [-0.2, -0.15) is 13.2 Å². The van der Waals surface area contributed by atoms with Gasteiger partial charge < -0.3 is 19.9 Å². The van der Waals surface area contributed by atoms with Crippen molar-refractivity contribution in [3.8, 4) is 5.75 Å². The van der Waals surface area contributed by atoms with Crippen molar-refractivity contribution in [2.24, 2.45) is 0 Å². The lowest BCUT2D eigenvalue weighted by Crippen LogP contribution is -2.54. The molecule has 2 fully saturated rings. The first kappa shape index (κ1) is 28.8. The third-order valence-corrected chi connectivity index (χ3v) is 7.75. The molecule has 2 aliphatic heterocycles. The molecule has 2 aliphatic rings. The molecule has 2 heterocycles. The maximum atomic E-state index is 13.8. The van der Waals surface area contributed by atoms with Crippen LogP contribution < -0.4 is 10.1 Å². The SMILES string of the molecule is COc1cc(CNC(=O)[C@@]2(C)CC[C@@H](N3CCC(c4ccc(F)c(C(=O)O)c4)CC3)CO2)cc(C(F)(F)F)c1. The van der Waals surface area contributed by atoms with Crippen molar-refractivity contribution in [1.82, 2.24) is 10.2 Å². The maximum Gasteiger partial charge on any atom is 0.416 e. The number of likely N-dealkylation sites (tertiary alicyclic amines) is 1. The number of aromatic carboxylic acids is 1. The summed E-state index contributed by atoms with van der Waals surface area (Å²) in [4.78, 5) is 26.5. The van der Waals surface area contributed by atoms with Crippen LogP contribution in [0.4, 0.5) is 17.6 Å². The Hall–Kier alpha value is -3.18. The van der Waals surface area contributed by atoms with Crippen molar-refractivity contribution in [3.63, 3.8) is 0 Å². The second kappa shape index (κ2) is 11.5. The molecule has 0 bridgehead atoms. The van der Waals surface area contributed by atoms with Crippen LogP contribution in [-0.2, 0) is 22.3 Å². The quantitative estimate of drug-likeness (QED) is 0.471. The number of carboxylic acids is 1. The molecule has 0 unspecified atom stereocenters. The largest absolute Gasteiger partial charge is 0.497 e. The summed E-state index contributed by atoms with van der Waals surface area (Å²) in [5.74, 6) is -2.23. The van der Waals surface area contributed by atoms with Gasteiger partial charge in [0.25, 0.3) is 5.91 Å². The molecule has 0 spiro atoms. The van der Waals surface area contributed by atoms with Crippen molar-refractivity contribution < 1.29 is 41.7 Å². The number of rotatable bonds is 7. The van der Waals surface area contributed by atoms with Crippen molar-refractivity contribution in [3.05, 3.63) is 64.5 Å². The Labute approximate surface area is 224 Å². The summed E-state index contributed by atoms with van der Waals surface area (Å²) in [6.07, 6.45) is -1.78. The van der Waals surface area contributed by atoms with Crippen LogP contribution in [0.15, 0.2) is 36.4 Å². The van der Waals surface area contributed by atoms with Gasteiger partial charge in [-0.05, 0) is 93.1 Å². The maximum absolute atomic E-state index is 13.8. The Morgan fingerprint density at radius 3 is 2.46 bits per heavy atom. The second-order valence-corrected chi connectivity index (χ2v) is 10.3. The third kappa shape index (κ3) is 6.70. The predicted octanol–water partition coefficient (Wildman–Crippen LogP) is 4.98. The van der Waals surface area contributed by atoms with E-state index in [1.165, 1.54) is 25.3 Å². The average Bonchev–Trinajstić information content (AvgIpc) is 2.91. The number of methoxy groups -OCH3 is 1. The highest BCUT2D eigenvalue weighted by Crippen LogP contribution is 2.35. The van der Waals surface area contributed by atoms with Gasteiger partial charge in [0, 0.05) is 12.6 Å². The summed E-state index contributed by atoms with van der Waals surface area (Å²) in [6.45, 7) is 3.46. The Balaban J connectivity index is 1.29. The van der Waals surface area contributed by atoms with Crippen LogP contribution >= 0.6 is 0 Å². The van der Waals surface area contributed by atoms with Gasteiger partial charge in [0.1, 0.15) is 17.2 Å². The Bertz CT molecular complexity index is 1200. The molecule has 0 aliphatic carbocycles. The first-order valence-electron chi connectivity index (χ1n) is 12.8. The van der Waals surface area contributed by atoms with E-state index in [0.29, 0.717) is 19.4 Å². The summed E-state index contributed by atoms with van der Waals surface area (Å²) >= 11 is 0. The van der Waals surface area contributed by atoms with E-state index in [1.54, 1.807) is 13.0 Å². The van der Waals surface area contributed by atoms with E-state index < -0.39 is 29.1 Å². The van der Waals surface area contributed by atoms with E-state index >= 15 is 0 Å². The van der Waals surface area contributed by atoms with Crippen molar-refractivity contribution in [1.29, 1.82) is 0 Å². The van der Waals surface area contributed by atoms with Gasteiger partial charge in [0.15, 0.2) is 0 Å². The number of nitrogens with zero attached hydrogens (tertiary/aromatic N) is 1. The van der Waals surface area contributed by atoms with Crippen LogP contribution in [0.3, 0.4) is 0 Å². The summed E-state index contributed by atoms with van der Waals surface area (Å²) < 4.78 is 64.3. The lowest BCUT2D eigenvalue weighted by Gasteiger charge is -2.43. The molecular formula is C28H32F4N2O5. The van der Waals surface area contributed by atoms with Gasteiger partial charge in [0.2, 0.25) is 0 Å². The molecule has 1 amide bonds. The number of alkyl halides is 3. The van der Waals surface area contributed by atoms with E-state index in [0.717, 1.165) is 43.6 Å². The van der Waals surface area contributed by atoms with Crippen LogP contribution in [0, 0.1) is 5.82 Å². The number of benzene rings is 2. The van der Waals surface area contributed by atoms with E-state index in [9.17, 15) is 32.3 Å². The molecule has 2 N–H and O–H groups in total. The van der Waals surface area contributed by atoms with Gasteiger partial charge >= 0.3 is 12.1 Å². The molecule has 4 rings (SSSR count). The fraction of sp³-hybridized carbons (Fsp3) is 0.500. The van der Waals surface area contributed by atoms with Crippen LogP contribution in [0.1, 0.15) is 65.6 Å². The topological polar surface area (TPSA) is 88.1 Å². The molecule has 0 radical (unpaired) electrons. The van der Waals surface area contributed by atoms with Gasteiger partial charge in [-0.15, -0.1) is 0 Å². The summed E-state index contributed by atoms with van der Waals surface area (Å²) in [5, 5.41) is 11.9. The number of amides is 1. The van der Waals surface area contributed by atoms with Crippen LogP contribution in [0.25, 0.3) is 0 Å². The smallest absolute Gasteiger partial charge is 0.416 e. The van der Waals surface area contributed by atoms with E-state index in [4.69, 9.17) is 9.47 Å². The molecule has 0 saturated carbocycles. The van der Waals surface area contributed by atoms with Gasteiger partial charge in [-0.3, -0.25) is 9.69 Å². The fourth-order valence-electron chi connectivity index (χ4n) is 5.32. The Morgan fingerprint density at radius 2 is 1.87 bits per heavy atom. The number of nitrogens with one attached hydrogen (secondary N) is 1. The number of carboxylic acid groups (broad SMARTS) is 1. The van der Waals surface area contributed by atoms with Crippen LogP contribution in [0.2, 0.25) is 0 Å². The molecule has 2 aromatic rings. The first-order chi connectivity index (χ1) is 18.4. The Kier molecular flexibility index (Phi) is 8.51. The van der Waals surface area contributed by atoms with Crippen molar-refractivity contribution in [2.75, 3.05) is 26.8 Å². The second-order valence-electron chi connectivity index (χ2n) is 10.3. The predicted molar refractivity (Wildman–Crippen MR) is 134 cm³/mol. The van der Waals surface area contributed by atoms with Gasteiger partial charge in [-0.25, -0.2) is 9.18 Å². The third-order valence-electron chi connectivity index (χ3n) is 7.75. The van der Waals surface area contributed by atoms with E-state index in [1.807, 2.05) is 0 Å². The van der Waals surface area contributed by atoms with Crippen LogP contribution in [0.5, 0.6) is 5.75 Å². The molecule has 0 aromatic heterocycles. The normalized spacial score (nSPS) is 22.9. The fourth-order valence-corrected chi connectivity index (χ4v) is 5.32. The number of carbonyl (C=O) groups is 2. The van der Waals surface area contributed by atoms with Gasteiger partial charge in [-0.1, -0.05) is 6.07 Å². The monoisotopic (exact) mass is 552 g/mol. The molecule has 2 saturated heterocycles.